The zero-order valence-corrected chi connectivity index (χ0v) is 17.4. The number of rotatable bonds is 5. The number of fused-ring (bicyclic) bond motifs is 1. The van der Waals surface area contributed by atoms with Gasteiger partial charge >= 0.3 is 0 Å². The number of hydrogen-bond donors (Lipinski definition) is 0. The van der Waals surface area contributed by atoms with Crippen LogP contribution in [0.2, 0.25) is 0 Å². The summed E-state index contributed by atoms with van der Waals surface area (Å²) < 4.78 is 12.9. The molecule has 5 nitrogen and oxygen atoms in total. The molecule has 0 amide bonds. The molecule has 0 unspecified atom stereocenters. The van der Waals surface area contributed by atoms with Gasteiger partial charge in [-0.15, -0.1) is 5.10 Å². The van der Waals surface area contributed by atoms with Crippen molar-refractivity contribution in [2.45, 2.75) is 0 Å². The fourth-order valence-electron chi connectivity index (χ4n) is 3.47. The van der Waals surface area contributed by atoms with E-state index in [4.69, 9.17) is 19.6 Å². The number of methoxy groups -OCH3 is 2. The van der Waals surface area contributed by atoms with Crippen molar-refractivity contribution in [1.29, 1.82) is 0 Å². The van der Waals surface area contributed by atoms with Crippen molar-refractivity contribution in [2.24, 2.45) is 0 Å². The van der Waals surface area contributed by atoms with Gasteiger partial charge in [0.25, 0.3) is 0 Å². The van der Waals surface area contributed by atoms with Crippen LogP contribution in [0.3, 0.4) is 0 Å². The minimum absolute atomic E-state index is 0.711. The monoisotopic (exact) mass is 413 g/mol. The molecule has 30 heavy (non-hydrogen) atoms. The number of para-hydroxylation sites is 1. The SMILES string of the molecule is COc1ccc(-c2c(-c3ccccc3OC)sc3nc(-c4ccccc4)nn23)cc1. The summed E-state index contributed by atoms with van der Waals surface area (Å²) in [5, 5.41) is 4.85. The summed E-state index contributed by atoms with van der Waals surface area (Å²) in [4.78, 5) is 6.71. The number of hydrogen-bond acceptors (Lipinski definition) is 5. The number of nitrogens with zero attached hydrogens (tertiary/aromatic N) is 3. The second-order valence-corrected chi connectivity index (χ2v) is 7.68. The van der Waals surface area contributed by atoms with Gasteiger partial charge in [0.1, 0.15) is 11.5 Å². The van der Waals surface area contributed by atoms with Gasteiger partial charge in [0.15, 0.2) is 5.82 Å². The fraction of sp³-hybridized carbons (Fsp3) is 0.0833. The highest BCUT2D eigenvalue weighted by Crippen LogP contribution is 2.43. The van der Waals surface area contributed by atoms with Crippen molar-refractivity contribution in [1.82, 2.24) is 14.6 Å². The molecule has 3 aromatic carbocycles. The van der Waals surface area contributed by atoms with Crippen molar-refractivity contribution in [3.63, 3.8) is 0 Å². The zero-order chi connectivity index (χ0) is 20.5. The van der Waals surface area contributed by atoms with E-state index in [1.54, 1.807) is 25.6 Å². The van der Waals surface area contributed by atoms with Crippen LogP contribution in [-0.2, 0) is 0 Å². The van der Waals surface area contributed by atoms with Crippen LogP contribution in [0.1, 0.15) is 0 Å². The fourth-order valence-corrected chi connectivity index (χ4v) is 4.58. The maximum absolute atomic E-state index is 5.63. The van der Waals surface area contributed by atoms with Crippen LogP contribution in [0.25, 0.3) is 38.0 Å². The summed E-state index contributed by atoms with van der Waals surface area (Å²) in [5.41, 5.74) is 4.03. The first-order valence-corrected chi connectivity index (χ1v) is 10.3. The van der Waals surface area contributed by atoms with E-state index in [9.17, 15) is 0 Å². The predicted octanol–water partition coefficient (Wildman–Crippen LogP) is 5.81. The Morgan fingerprint density at radius 2 is 1.50 bits per heavy atom. The van der Waals surface area contributed by atoms with E-state index in [1.165, 1.54) is 0 Å². The van der Waals surface area contributed by atoms with Crippen molar-refractivity contribution in [3.8, 4) is 44.6 Å². The maximum atomic E-state index is 5.63. The van der Waals surface area contributed by atoms with Crippen LogP contribution in [0.4, 0.5) is 0 Å². The molecule has 6 heteroatoms. The molecule has 5 aromatic rings. The summed E-state index contributed by atoms with van der Waals surface area (Å²) in [5.74, 6) is 2.34. The lowest BCUT2D eigenvalue weighted by Gasteiger charge is -2.09. The molecular formula is C24H19N3O2S. The summed E-state index contributed by atoms with van der Waals surface area (Å²) >= 11 is 1.60. The Morgan fingerprint density at radius 3 is 2.23 bits per heavy atom. The maximum Gasteiger partial charge on any atom is 0.213 e. The lowest BCUT2D eigenvalue weighted by atomic mass is 10.1. The molecule has 148 valence electrons. The molecule has 0 N–H and O–H groups in total. The van der Waals surface area contributed by atoms with Crippen molar-refractivity contribution < 1.29 is 9.47 Å². The second-order valence-electron chi connectivity index (χ2n) is 6.70. The Labute approximate surface area is 178 Å². The van der Waals surface area contributed by atoms with Gasteiger partial charge in [-0.2, -0.15) is 4.98 Å². The number of benzene rings is 3. The molecule has 0 atom stereocenters. The first kappa shape index (κ1) is 18.4. The van der Waals surface area contributed by atoms with E-state index in [2.05, 4.69) is 6.07 Å². The predicted molar refractivity (Wildman–Crippen MR) is 120 cm³/mol. The molecule has 0 fully saturated rings. The van der Waals surface area contributed by atoms with Crippen molar-refractivity contribution in [2.75, 3.05) is 14.2 Å². The van der Waals surface area contributed by atoms with Gasteiger partial charge in [-0.3, -0.25) is 0 Å². The average Bonchev–Trinajstić information content (AvgIpc) is 3.38. The third kappa shape index (κ3) is 3.11. The van der Waals surface area contributed by atoms with E-state index >= 15 is 0 Å². The smallest absolute Gasteiger partial charge is 0.213 e. The molecule has 0 saturated heterocycles. The van der Waals surface area contributed by atoms with Crippen LogP contribution in [0.5, 0.6) is 11.5 Å². The highest BCUT2D eigenvalue weighted by molar-refractivity contribution is 7.20. The third-order valence-electron chi connectivity index (χ3n) is 4.94. The van der Waals surface area contributed by atoms with Gasteiger partial charge in [0.2, 0.25) is 4.96 Å². The molecule has 0 aliphatic rings. The summed E-state index contributed by atoms with van der Waals surface area (Å²) in [6.45, 7) is 0. The van der Waals surface area contributed by atoms with Gasteiger partial charge in [0, 0.05) is 16.7 Å². The first-order chi connectivity index (χ1) is 14.8. The first-order valence-electron chi connectivity index (χ1n) is 9.51. The van der Waals surface area contributed by atoms with Gasteiger partial charge in [0.05, 0.1) is 24.8 Å². The van der Waals surface area contributed by atoms with Crippen molar-refractivity contribution >= 4 is 16.3 Å². The van der Waals surface area contributed by atoms with Crippen LogP contribution in [-0.4, -0.2) is 28.8 Å². The van der Waals surface area contributed by atoms with E-state index in [0.29, 0.717) is 5.82 Å². The van der Waals surface area contributed by atoms with Crippen LogP contribution in [0, 0.1) is 0 Å². The molecule has 2 heterocycles. The third-order valence-corrected chi connectivity index (χ3v) is 6.01. The van der Waals surface area contributed by atoms with Crippen LogP contribution in [0.15, 0.2) is 78.9 Å². The van der Waals surface area contributed by atoms with Crippen LogP contribution < -0.4 is 9.47 Å². The van der Waals surface area contributed by atoms with E-state index in [0.717, 1.165) is 43.7 Å². The standard InChI is InChI=1S/C24H19N3O2S/c1-28-18-14-12-16(13-15-18)21-22(19-10-6-7-11-20(19)29-2)30-24-25-23(26-27(21)24)17-8-4-3-5-9-17/h3-15H,1-2H3. The Balaban J connectivity index is 1.76. The Hall–Kier alpha value is -3.64. The molecule has 0 saturated carbocycles. The lowest BCUT2D eigenvalue weighted by molar-refractivity contribution is 0.415. The topological polar surface area (TPSA) is 48.7 Å². The van der Waals surface area contributed by atoms with Gasteiger partial charge in [-0.25, -0.2) is 4.52 Å². The second kappa shape index (κ2) is 7.65. The molecule has 0 aliphatic heterocycles. The molecule has 0 bridgehead atoms. The largest absolute Gasteiger partial charge is 0.497 e. The Bertz CT molecular complexity index is 1310. The zero-order valence-electron chi connectivity index (χ0n) is 16.6. The molecule has 5 rings (SSSR count). The Morgan fingerprint density at radius 1 is 0.767 bits per heavy atom. The number of ether oxygens (including phenoxy) is 2. The van der Waals surface area contributed by atoms with Gasteiger partial charge in [-0.05, 0) is 36.4 Å². The highest BCUT2D eigenvalue weighted by Gasteiger charge is 2.21. The normalized spacial score (nSPS) is 11.0. The minimum atomic E-state index is 0.711. The molecular weight excluding hydrogens is 394 g/mol. The summed E-state index contributed by atoms with van der Waals surface area (Å²) in [7, 11) is 3.36. The summed E-state index contributed by atoms with van der Waals surface area (Å²) in [6, 6.07) is 26.1. The van der Waals surface area contributed by atoms with Crippen LogP contribution >= 0.6 is 11.3 Å². The number of thiazole rings is 1. The molecule has 0 spiro atoms. The minimum Gasteiger partial charge on any atom is -0.497 e. The Kier molecular flexibility index (Phi) is 4.69. The lowest BCUT2D eigenvalue weighted by Crippen LogP contribution is -1.93. The quantitative estimate of drug-likeness (QED) is 0.365. The van der Waals surface area contributed by atoms with E-state index in [-0.39, 0.29) is 0 Å². The average molecular weight is 414 g/mol. The van der Waals surface area contributed by atoms with E-state index in [1.807, 2.05) is 77.3 Å². The molecule has 0 radical (unpaired) electrons. The van der Waals surface area contributed by atoms with E-state index < -0.39 is 0 Å². The van der Waals surface area contributed by atoms with Gasteiger partial charge < -0.3 is 9.47 Å². The summed E-state index contributed by atoms with van der Waals surface area (Å²) in [6.07, 6.45) is 0. The molecule has 2 aromatic heterocycles. The number of aromatic nitrogens is 3. The highest BCUT2D eigenvalue weighted by atomic mass is 32.1. The molecule has 0 aliphatic carbocycles. The van der Waals surface area contributed by atoms with Gasteiger partial charge in [-0.1, -0.05) is 53.8 Å². The van der Waals surface area contributed by atoms with Crippen molar-refractivity contribution in [3.05, 3.63) is 78.9 Å².